The minimum absolute atomic E-state index is 0.831. The second-order valence-corrected chi connectivity index (χ2v) is 4.75. The standard InChI is InChI=1S/C11H21NO/c1-9-6-11(7-9)12-4-2-10-3-5-13-8-10/h9-12H,2-8H2,1H3. The Labute approximate surface area is 81.0 Å². The maximum absolute atomic E-state index is 5.34. The van der Waals surface area contributed by atoms with Gasteiger partial charge in [-0.25, -0.2) is 0 Å². The summed E-state index contributed by atoms with van der Waals surface area (Å²) in [6.07, 6.45) is 5.37. The highest BCUT2D eigenvalue weighted by atomic mass is 16.5. The van der Waals surface area contributed by atoms with Crippen LogP contribution < -0.4 is 5.32 Å². The molecule has 2 rings (SSSR count). The zero-order chi connectivity index (χ0) is 9.10. The molecule has 2 aliphatic rings. The van der Waals surface area contributed by atoms with E-state index in [2.05, 4.69) is 12.2 Å². The lowest BCUT2D eigenvalue weighted by Gasteiger charge is -2.33. The molecule has 1 saturated carbocycles. The Morgan fingerprint density at radius 3 is 2.85 bits per heavy atom. The number of rotatable bonds is 4. The second-order valence-electron chi connectivity index (χ2n) is 4.75. The number of hydrogen-bond acceptors (Lipinski definition) is 2. The van der Waals surface area contributed by atoms with Crippen LogP contribution in [0.4, 0.5) is 0 Å². The molecular weight excluding hydrogens is 162 g/mol. The predicted molar refractivity (Wildman–Crippen MR) is 53.7 cm³/mol. The van der Waals surface area contributed by atoms with E-state index in [1.54, 1.807) is 0 Å². The summed E-state index contributed by atoms with van der Waals surface area (Å²) in [5.41, 5.74) is 0. The molecule has 0 spiro atoms. The Bertz CT molecular complexity index is 148. The van der Waals surface area contributed by atoms with Gasteiger partial charge >= 0.3 is 0 Å². The largest absolute Gasteiger partial charge is 0.381 e. The van der Waals surface area contributed by atoms with Crippen LogP contribution in [0.1, 0.15) is 32.6 Å². The summed E-state index contributed by atoms with van der Waals surface area (Å²) in [7, 11) is 0. The van der Waals surface area contributed by atoms with Gasteiger partial charge in [0.05, 0.1) is 0 Å². The van der Waals surface area contributed by atoms with E-state index in [0.717, 1.165) is 31.1 Å². The Morgan fingerprint density at radius 1 is 1.38 bits per heavy atom. The van der Waals surface area contributed by atoms with Gasteiger partial charge in [0.15, 0.2) is 0 Å². The van der Waals surface area contributed by atoms with Crippen molar-refractivity contribution >= 4 is 0 Å². The molecule has 1 aliphatic heterocycles. The first-order chi connectivity index (χ1) is 6.34. The SMILES string of the molecule is CC1CC(NCCC2CCOC2)C1. The lowest BCUT2D eigenvalue weighted by atomic mass is 9.82. The molecule has 0 amide bonds. The smallest absolute Gasteiger partial charge is 0.0495 e. The molecule has 2 nitrogen and oxygen atoms in total. The summed E-state index contributed by atoms with van der Waals surface area (Å²) >= 11 is 0. The molecule has 1 unspecified atom stereocenters. The fourth-order valence-electron chi connectivity index (χ4n) is 2.37. The Hall–Kier alpha value is -0.0800. The fourth-order valence-corrected chi connectivity index (χ4v) is 2.37. The maximum atomic E-state index is 5.34. The molecule has 1 aliphatic carbocycles. The van der Waals surface area contributed by atoms with Crippen molar-refractivity contribution < 1.29 is 4.74 Å². The van der Waals surface area contributed by atoms with Crippen molar-refractivity contribution in [1.29, 1.82) is 0 Å². The van der Waals surface area contributed by atoms with Crippen LogP contribution >= 0.6 is 0 Å². The van der Waals surface area contributed by atoms with Crippen molar-refractivity contribution in [2.75, 3.05) is 19.8 Å². The summed E-state index contributed by atoms with van der Waals surface area (Å²) in [5.74, 6) is 1.80. The third-order valence-electron chi connectivity index (χ3n) is 3.38. The Morgan fingerprint density at radius 2 is 2.23 bits per heavy atom. The number of ether oxygens (including phenoxy) is 1. The monoisotopic (exact) mass is 183 g/mol. The molecule has 13 heavy (non-hydrogen) atoms. The molecule has 0 aromatic rings. The molecular formula is C11H21NO. The first-order valence-electron chi connectivity index (χ1n) is 5.65. The predicted octanol–water partition coefficient (Wildman–Crippen LogP) is 1.80. The quantitative estimate of drug-likeness (QED) is 0.717. The summed E-state index contributed by atoms with van der Waals surface area (Å²) in [6.45, 7) is 5.53. The van der Waals surface area contributed by atoms with Crippen molar-refractivity contribution in [3.05, 3.63) is 0 Å². The topological polar surface area (TPSA) is 21.3 Å². The number of hydrogen-bond donors (Lipinski definition) is 1. The van der Waals surface area contributed by atoms with Crippen LogP contribution in [0.5, 0.6) is 0 Å². The van der Waals surface area contributed by atoms with Crippen LogP contribution in [0.2, 0.25) is 0 Å². The molecule has 0 aromatic heterocycles. The van der Waals surface area contributed by atoms with Crippen LogP contribution in [0.25, 0.3) is 0 Å². The van der Waals surface area contributed by atoms with Gasteiger partial charge in [-0.05, 0) is 44.1 Å². The molecule has 1 saturated heterocycles. The van der Waals surface area contributed by atoms with Gasteiger partial charge in [-0.3, -0.25) is 0 Å². The maximum Gasteiger partial charge on any atom is 0.0495 e. The van der Waals surface area contributed by atoms with Crippen LogP contribution in [-0.2, 0) is 4.74 Å². The van der Waals surface area contributed by atoms with Crippen LogP contribution in [0.3, 0.4) is 0 Å². The molecule has 0 bridgehead atoms. The van der Waals surface area contributed by atoms with E-state index < -0.39 is 0 Å². The van der Waals surface area contributed by atoms with Crippen LogP contribution in [-0.4, -0.2) is 25.8 Å². The molecule has 76 valence electrons. The van der Waals surface area contributed by atoms with Crippen molar-refractivity contribution in [2.45, 2.75) is 38.6 Å². The van der Waals surface area contributed by atoms with Gasteiger partial charge < -0.3 is 10.1 Å². The third kappa shape index (κ3) is 2.68. The Balaban J connectivity index is 1.49. The van der Waals surface area contributed by atoms with Crippen molar-refractivity contribution in [2.24, 2.45) is 11.8 Å². The van der Waals surface area contributed by atoms with Crippen LogP contribution in [0, 0.1) is 11.8 Å². The van der Waals surface area contributed by atoms with E-state index in [4.69, 9.17) is 4.74 Å². The van der Waals surface area contributed by atoms with Crippen molar-refractivity contribution in [3.8, 4) is 0 Å². The van der Waals surface area contributed by atoms with Crippen molar-refractivity contribution in [1.82, 2.24) is 5.32 Å². The summed E-state index contributed by atoms with van der Waals surface area (Å²) < 4.78 is 5.34. The lowest BCUT2D eigenvalue weighted by molar-refractivity contribution is 0.182. The second kappa shape index (κ2) is 4.43. The lowest BCUT2D eigenvalue weighted by Crippen LogP contribution is -2.40. The number of nitrogens with one attached hydrogen (secondary N) is 1. The van der Waals surface area contributed by atoms with Gasteiger partial charge in [0, 0.05) is 19.3 Å². The minimum atomic E-state index is 0.831. The van der Waals surface area contributed by atoms with Gasteiger partial charge in [-0.1, -0.05) is 6.92 Å². The van der Waals surface area contributed by atoms with Crippen LogP contribution in [0.15, 0.2) is 0 Å². The van der Waals surface area contributed by atoms with Gasteiger partial charge in [-0.2, -0.15) is 0 Å². The average molecular weight is 183 g/mol. The van der Waals surface area contributed by atoms with E-state index >= 15 is 0 Å². The zero-order valence-corrected chi connectivity index (χ0v) is 8.59. The molecule has 2 fully saturated rings. The molecule has 0 aromatic carbocycles. The normalized spacial score (nSPS) is 39.0. The van der Waals surface area contributed by atoms with E-state index in [0.29, 0.717) is 0 Å². The van der Waals surface area contributed by atoms with E-state index in [9.17, 15) is 0 Å². The fraction of sp³-hybridized carbons (Fsp3) is 1.00. The van der Waals surface area contributed by atoms with E-state index in [-0.39, 0.29) is 0 Å². The summed E-state index contributed by atoms with van der Waals surface area (Å²) in [4.78, 5) is 0. The zero-order valence-electron chi connectivity index (χ0n) is 8.59. The summed E-state index contributed by atoms with van der Waals surface area (Å²) in [6, 6.07) is 0.831. The van der Waals surface area contributed by atoms with Gasteiger partial charge in [0.1, 0.15) is 0 Å². The average Bonchev–Trinajstić information content (AvgIpc) is 2.53. The minimum Gasteiger partial charge on any atom is -0.381 e. The molecule has 1 N–H and O–H groups in total. The van der Waals surface area contributed by atoms with E-state index in [1.165, 1.54) is 32.2 Å². The van der Waals surface area contributed by atoms with Gasteiger partial charge in [0.2, 0.25) is 0 Å². The third-order valence-corrected chi connectivity index (χ3v) is 3.38. The highest BCUT2D eigenvalue weighted by Gasteiger charge is 2.24. The van der Waals surface area contributed by atoms with Gasteiger partial charge in [-0.15, -0.1) is 0 Å². The van der Waals surface area contributed by atoms with Gasteiger partial charge in [0.25, 0.3) is 0 Å². The molecule has 2 heteroatoms. The van der Waals surface area contributed by atoms with Crippen molar-refractivity contribution in [3.63, 3.8) is 0 Å². The Kier molecular flexibility index (Phi) is 3.23. The highest BCUT2D eigenvalue weighted by molar-refractivity contribution is 4.82. The molecule has 1 atom stereocenters. The highest BCUT2D eigenvalue weighted by Crippen LogP contribution is 2.26. The van der Waals surface area contributed by atoms with E-state index in [1.807, 2.05) is 0 Å². The molecule has 0 radical (unpaired) electrons. The first-order valence-corrected chi connectivity index (χ1v) is 5.65. The first kappa shape index (κ1) is 9.47. The molecule has 1 heterocycles. The summed E-state index contributed by atoms with van der Waals surface area (Å²) in [5, 5.41) is 3.62.